The van der Waals surface area contributed by atoms with Gasteiger partial charge in [0.2, 0.25) is 10.0 Å². The first kappa shape index (κ1) is 11.6. The Balaban J connectivity index is 2.11. The average molecular weight is 253 g/mol. The van der Waals surface area contributed by atoms with Crippen molar-refractivity contribution in [3.8, 4) is 0 Å². The van der Waals surface area contributed by atoms with Crippen LogP contribution in [-0.4, -0.2) is 55.6 Å². The molecule has 1 atom stereocenters. The summed E-state index contributed by atoms with van der Waals surface area (Å²) in [6, 6.07) is 0.135. The van der Waals surface area contributed by atoms with E-state index in [0.29, 0.717) is 5.92 Å². The summed E-state index contributed by atoms with van der Waals surface area (Å²) in [5.74, 6) is 0.526. The number of nitrogens with zero attached hydrogens (tertiary/aromatic N) is 2. The van der Waals surface area contributed by atoms with E-state index in [1.807, 2.05) is 0 Å². The highest BCUT2D eigenvalue weighted by Crippen LogP contribution is 2.31. The average Bonchev–Trinajstić information content (AvgIpc) is 2.29. The lowest BCUT2D eigenvalue weighted by Gasteiger charge is -2.47. The summed E-state index contributed by atoms with van der Waals surface area (Å²) in [4.78, 5) is 2.34. The van der Waals surface area contributed by atoms with E-state index in [9.17, 15) is 8.42 Å². The highest BCUT2D eigenvalue weighted by molar-refractivity contribution is 7.90. The summed E-state index contributed by atoms with van der Waals surface area (Å²) < 4.78 is 24.8. The Bertz CT molecular complexity index is 325. The molecular formula is C9H17ClN2O2S. The number of halogens is 1. The van der Waals surface area contributed by atoms with Crippen LogP contribution in [0.2, 0.25) is 0 Å². The van der Waals surface area contributed by atoms with Crippen LogP contribution >= 0.6 is 11.6 Å². The second kappa shape index (κ2) is 4.20. The molecule has 3 rings (SSSR count). The number of rotatable bonds is 3. The topological polar surface area (TPSA) is 40.6 Å². The molecular weight excluding hydrogens is 236 g/mol. The molecule has 3 heterocycles. The van der Waals surface area contributed by atoms with E-state index >= 15 is 0 Å². The molecule has 15 heavy (non-hydrogen) atoms. The standard InChI is InChI=1S/C9H17ClN2O2S/c1-11(15(13,14)7-10)9-6-12-4-2-8(9)3-5-12/h8-9H,2-7H2,1H3. The van der Waals surface area contributed by atoms with Crippen LogP contribution in [0.5, 0.6) is 0 Å². The highest BCUT2D eigenvalue weighted by Gasteiger charge is 2.39. The zero-order valence-electron chi connectivity index (χ0n) is 8.89. The fourth-order valence-electron chi connectivity index (χ4n) is 2.63. The monoisotopic (exact) mass is 252 g/mol. The van der Waals surface area contributed by atoms with E-state index in [1.165, 1.54) is 4.31 Å². The Labute approximate surface area is 96.2 Å². The van der Waals surface area contributed by atoms with Crippen LogP contribution in [0.3, 0.4) is 0 Å². The third-order valence-electron chi connectivity index (χ3n) is 3.67. The van der Waals surface area contributed by atoms with Gasteiger partial charge in [-0.2, -0.15) is 4.31 Å². The van der Waals surface area contributed by atoms with E-state index in [2.05, 4.69) is 4.90 Å². The maximum atomic E-state index is 11.7. The van der Waals surface area contributed by atoms with Gasteiger partial charge in [-0.15, -0.1) is 11.6 Å². The molecule has 2 bridgehead atoms. The van der Waals surface area contributed by atoms with E-state index in [0.717, 1.165) is 32.5 Å². The van der Waals surface area contributed by atoms with E-state index in [-0.39, 0.29) is 11.3 Å². The summed E-state index contributed by atoms with van der Waals surface area (Å²) in [7, 11) is -1.59. The van der Waals surface area contributed by atoms with E-state index in [4.69, 9.17) is 11.6 Å². The Morgan fingerprint density at radius 1 is 1.40 bits per heavy atom. The van der Waals surface area contributed by atoms with Gasteiger partial charge in [0.1, 0.15) is 5.21 Å². The summed E-state index contributed by atoms with van der Waals surface area (Å²) >= 11 is 5.47. The van der Waals surface area contributed by atoms with Crippen molar-refractivity contribution in [2.45, 2.75) is 18.9 Å². The normalized spacial score (nSPS) is 36.1. The van der Waals surface area contributed by atoms with Crippen molar-refractivity contribution in [3.63, 3.8) is 0 Å². The number of hydrogen-bond donors (Lipinski definition) is 0. The molecule has 3 aliphatic heterocycles. The maximum absolute atomic E-state index is 11.7. The van der Waals surface area contributed by atoms with Crippen molar-refractivity contribution in [3.05, 3.63) is 0 Å². The molecule has 0 aliphatic carbocycles. The number of sulfonamides is 1. The number of piperidine rings is 3. The largest absolute Gasteiger partial charge is 0.302 e. The third-order valence-corrected chi connectivity index (χ3v) is 5.92. The van der Waals surface area contributed by atoms with Gasteiger partial charge in [-0.05, 0) is 31.8 Å². The first-order valence-corrected chi connectivity index (χ1v) is 7.43. The van der Waals surface area contributed by atoms with Crippen LogP contribution in [-0.2, 0) is 10.0 Å². The highest BCUT2D eigenvalue weighted by atomic mass is 35.5. The molecule has 6 heteroatoms. The molecule has 0 aromatic rings. The van der Waals surface area contributed by atoms with Crippen molar-refractivity contribution < 1.29 is 8.42 Å². The minimum Gasteiger partial charge on any atom is -0.302 e. The SMILES string of the molecule is CN(C1CN2CCC1CC2)S(=O)(=O)CCl. The summed E-state index contributed by atoms with van der Waals surface area (Å²) in [5.41, 5.74) is 0. The first-order valence-electron chi connectivity index (χ1n) is 5.28. The summed E-state index contributed by atoms with van der Waals surface area (Å²) in [5, 5.41) is -0.313. The molecule has 0 aromatic heterocycles. The minimum atomic E-state index is -3.25. The van der Waals surface area contributed by atoms with Crippen molar-refractivity contribution in [1.29, 1.82) is 0 Å². The summed E-state index contributed by atoms with van der Waals surface area (Å²) in [6.07, 6.45) is 2.24. The fourth-order valence-corrected chi connectivity index (χ4v) is 3.90. The quantitative estimate of drug-likeness (QED) is 0.689. The molecule has 3 fully saturated rings. The van der Waals surface area contributed by atoms with Gasteiger partial charge in [-0.1, -0.05) is 0 Å². The molecule has 88 valence electrons. The van der Waals surface area contributed by atoms with Crippen LogP contribution in [0.4, 0.5) is 0 Å². The molecule has 3 aliphatic rings. The Kier molecular flexibility index (Phi) is 3.26. The van der Waals surface area contributed by atoms with Crippen LogP contribution < -0.4 is 0 Å². The second-order valence-corrected chi connectivity index (χ2v) is 7.06. The van der Waals surface area contributed by atoms with Crippen LogP contribution in [0.15, 0.2) is 0 Å². The Morgan fingerprint density at radius 2 is 2.00 bits per heavy atom. The van der Waals surface area contributed by atoms with Gasteiger partial charge in [0.15, 0.2) is 0 Å². The van der Waals surface area contributed by atoms with Gasteiger partial charge in [0, 0.05) is 19.6 Å². The lowest BCUT2D eigenvalue weighted by molar-refractivity contribution is 0.0467. The van der Waals surface area contributed by atoms with Crippen LogP contribution in [0, 0.1) is 5.92 Å². The smallest absolute Gasteiger partial charge is 0.228 e. The van der Waals surface area contributed by atoms with Crippen molar-refractivity contribution in [1.82, 2.24) is 9.21 Å². The Hall–Kier alpha value is 0.160. The zero-order valence-corrected chi connectivity index (χ0v) is 10.5. The second-order valence-electron chi connectivity index (χ2n) is 4.44. The minimum absolute atomic E-state index is 0.135. The molecule has 4 nitrogen and oxygen atoms in total. The van der Waals surface area contributed by atoms with Crippen LogP contribution in [0.1, 0.15) is 12.8 Å². The van der Waals surface area contributed by atoms with Gasteiger partial charge >= 0.3 is 0 Å². The molecule has 0 N–H and O–H groups in total. The van der Waals surface area contributed by atoms with E-state index in [1.54, 1.807) is 7.05 Å². The maximum Gasteiger partial charge on any atom is 0.228 e. The lowest BCUT2D eigenvalue weighted by atomic mass is 9.84. The molecule has 0 spiro atoms. The van der Waals surface area contributed by atoms with Gasteiger partial charge in [0.05, 0.1) is 0 Å². The number of hydrogen-bond acceptors (Lipinski definition) is 3. The van der Waals surface area contributed by atoms with Crippen molar-refractivity contribution in [2.75, 3.05) is 31.9 Å². The van der Waals surface area contributed by atoms with Gasteiger partial charge in [-0.25, -0.2) is 8.42 Å². The molecule has 3 saturated heterocycles. The van der Waals surface area contributed by atoms with Crippen LogP contribution in [0.25, 0.3) is 0 Å². The Morgan fingerprint density at radius 3 is 2.40 bits per heavy atom. The zero-order chi connectivity index (χ0) is 11.1. The number of likely N-dealkylation sites (N-methyl/N-ethyl adjacent to an activating group) is 1. The lowest BCUT2D eigenvalue weighted by Crippen LogP contribution is -2.57. The molecule has 0 aromatic carbocycles. The molecule has 0 radical (unpaired) electrons. The van der Waals surface area contributed by atoms with Crippen molar-refractivity contribution >= 4 is 21.6 Å². The van der Waals surface area contributed by atoms with Gasteiger partial charge in [-0.3, -0.25) is 0 Å². The molecule has 0 amide bonds. The number of alkyl halides is 1. The predicted octanol–water partition coefficient (Wildman–Crippen LogP) is 0.538. The summed E-state index contributed by atoms with van der Waals surface area (Å²) in [6.45, 7) is 3.11. The van der Waals surface area contributed by atoms with Gasteiger partial charge in [0.25, 0.3) is 0 Å². The fraction of sp³-hybridized carbons (Fsp3) is 1.00. The number of fused-ring (bicyclic) bond motifs is 3. The first-order chi connectivity index (χ1) is 7.04. The van der Waals surface area contributed by atoms with Crippen molar-refractivity contribution in [2.24, 2.45) is 5.92 Å². The molecule has 1 unspecified atom stereocenters. The van der Waals surface area contributed by atoms with Gasteiger partial charge < -0.3 is 4.90 Å². The predicted molar refractivity (Wildman–Crippen MR) is 60.4 cm³/mol. The third kappa shape index (κ3) is 2.16. The molecule has 0 saturated carbocycles. The van der Waals surface area contributed by atoms with E-state index < -0.39 is 10.0 Å².